The van der Waals surface area contributed by atoms with E-state index in [1.807, 2.05) is 30.3 Å². The van der Waals surface area contributed by atoms with Crippen LogP contribution in [0.15, 0.2) is 127 Å². The predicted molar refractivity (Wildman–Crippen MR) is 165 cm³/mol. The summed E-state index contributed by atoms with van der Waals surface area (Å²) < 4.78 is 2.32. The van der Waals surface area contributed by atoms with Crippen molar-refractivity contribution >= 4 is 55.0 Å². The predicted octanol–water partition coefficient (Wildman–Crippen LogP) is 9.26. The van der Waals surface area contributed by atoms with Crippen molar-refractivity contribution in [2.24, 2.45) is 0 Å². The zero-order chi connectivity index (χ0) is 26.6. The standard InChI is InChI=1S/C35H21ClN4/c36-35-38-33(23-9-2-1-3-10-23)37-34(39-35)25-16-18-30-29-12-6-7-13-31(29)40(32(30)21-25)26-17-19-28-24(20-26)15-14-22-8-4-5-11-27(22)28/h1-21H. The molecule has 0 saturated carbocycles. The maximum atomic E-state index is 6.39. The molecule has 0 radical (unpaired) electrons. The Morgan fingerprint density at radius 3 is 1.98 bits per heavy atom. The lowest BCUT2D eigenvalue weighted by atomic mass is 10.0. The van der Waals surface area contributed by atoms with E-state index in [2.05, 4.69) is 112 Å². The van der Waals surface area contributed by atoms with Crippen LogP contribution in [0.25, 0.3) is 71.8 Å². The molecule has 0 saturated heterocycles. The highest BCUT2D eigenvalue weighted by atomic mass is 35.5. The number of hydrogen-bond acceptors (Lipinski definition) is 3. The molecule has 40 heavy (non-hydrogen) atoms. The molecule has 0 spiro atoms. The topological polar surface area (TPSA) is 43.6 Å². The van der Waals surface area contributed by atoms with Crippen LogP contribution >= 0.6 is 11.6 Å². The van der Waals surface area contributed by atoms with E-state index in [9.17, 15) is 0 Å². The summed E-state index contributed by atoms with van der Waals surface area (Å²) in [5.74, 6) is 1.10. The van der Waals surface area contributed by atoms with Gasteiger partial charge in [-0.2, -0.15) is 9.97 Å². The molecule has 0 aliphatic heterocycles. The van der Waals surface area contributed by atoms with Crippen LogP contribution in [0, 0.1) is 0 Å². The number of halogens is 1. The van der Waals surface area contributed by atoms with Crippen LogP contribution in [0.4, 0.5) is 0 Å². The Balaban J connectivity index is 1.36. The maximum Gasteiger partial charge on any atom is 0.226 e. The molecule has 0 N–H and O–H groups in total. The third kappa shape index (κ3) is 3.65. The van der Waals surface area contributed by atoms with Crippen LogP contribution in [0.5, 0.6) is 0 Å². The van der Waals surface area contributed by atoms with Gasteiger partial charge < -0.3 is 4.57 Å². The van der Waals surface area contributed by atoms with Gasteiger partial charge in [-0.1, -0.05) is 103 Å². The number of rotatable bonds is 3. The van der Waals surface area contributed by atoms with Gasteiger partial charge in [-0.25, -0.2) is 4.98 Å². The molecule has 8 rings (SSSR count). The summed E-state index contributed by atoms with van der Waals surface area (Å²) >= 11 is 6.39. The summed E-state index contributed by atoms with van der Waals surface area (Å²) in [5, 5.41) is 7.49. The van der Waals surface area contributed by atoms with Crippen molar-refractivity contribution in [1.82, 2.24) is 19.5 Å². The van der Waals surface area contributed by atoms with Gasteiger partial charge in [-0.05, 0) is 57.4 Å². The van der Waals surface area contributed by atoms with Gasteiger partial charge in [-0.15, -0.1) is 0 Å². The maximum absolute atomic E-state index is 6.39. The van der Waals surface area contributed by atoms with Crippen molar-refractivity contribution in [2.75, 3.05) is 0 Å². The number of aromatic nitrogens is 4. The zero-order valence-electron chi connectivity index (χ0n) is 21.3. The van der Waals surface area contributed by atoms with E-state index in [4.69, 9.17) is 16.6 Å². The Hall–Kier alpha value is -5.06. The van der Waals surface area contributed by atoms with E-state index in [1.54, 1.807) is 0 Å². The molecule has 0 amide bonds. The Morgan fingerprint density at radius 1 is 0.450 bits per heavy atom. The Kier molecular flexibility index (Phi) is 5.15. The molecule has 0 aliphatic carbocycles. The minimum absolute atomic E-state index is 0.172. The fourth-order valence-electron chi connectivity index (χ4n) is 5.72. The molecule has 6 aromatic carbocycles. The van der Waals surface area contributed by atoms with E-state index < -0.39 is 0 Å². The second-order valence-electron chi connectivity index (χ2n) is 9.89. The SMILES string of the molecule is Clc1nc(-c2ccccc2)nc(-c2ccc3c4ccccc4n(-c4ccc5c(ccc6ccccc65)c4)c3c2)n1. The monoisotopic (exact) mass is 532 g/mol. The number of fused-ring (bicyclic) bond motifs is 6. The molecule has 188 valence electrons. The van der Waals surface area contributed by atoms with Crippen LogP contribution in [-0.2, 0) is 0 Å². The summed E-state index contributed by atoms with van der Waals surface area (Å²) in [6.45, 7) is 0. The van der Waals surface area contributed by atoms with Crippen LogP contribution < -0.4 is 0 Å². The first-order valence-corrected chi connectivity index (χ1v) is 13.5. The quantitative estimate of drug-likeness (QED) is 0.213. The molecule has 4 nitrogen and oxygen atoms in total. The van der Waals surface area contributed by atoms with Crippen molar-refractivity contribution in [3.63, 3.8) is 0 Å². The lowest BCUT2D eigenvalue weighted by molar-refractivity contribution is 1.07. The van der Waals surface area contributed by atoms with Gasteiger partial charge in [0.15, 0.2) is 11.6 Å². The first-order chi connectivity index (χ1) is 19.7. The fraction of sp³-hybridized carbons (Fsp3) is 0. The molecule has 0 bridgehead atoms. The molecule has 2 aromatic heterocycles. The molecular formula is C35H21ClN4. The summed E-state index contributed by atoms with van der Waals surface area (Å²) in [6, 6.07) is 44.4. The summed E-state index contributed by atoms with van der Waals surface area (Å²) in [5.41, 5.74) is 5.10. The number of hydrogen-bond donors (Lipinski definition) is 0. The second-order valence-corrected chi connectivity index (χ2v) is 10.2. The molecule has 0 aliphatic rings. The van der Waals surface area contributed by atoms with Gasteiger partial charge in [0.25, 0.3) is 0 Å². The average Bonchev–Trinajstić information content (AvgIpc) is 3.34. The van der Waals surface area contributed by atoms with E-state index in [0.29, 0.717) is 11.6 Å². The first kappa shape index (κ1) is 22.9. The van der Waals surface area contributed by atoms with Gasteiger partial charge in [0.1, 0.15) is 0 Å². The number of para-hydroxylation sites is 1. The van der Waals surface area contributed by atoms with Gasteiger partial charge in [0, 0.05) is 27.6 Å². The van der Waals surface area contributed by atoms with Crippen LogP contribution in [0.1, 0.15) is 0 Å². The molecule has 8 aromatic rings. The Labute approximate surface area is 235 Å². The fourth-order valence-corrected chi connectivity index (χ4v) is 5.88. The first-order valence-electron chi connectivity index (χ1n) is 13.2. The largest absolute Gasteiger partial charge is 0.309 e. The van der Waals surface area contributed by atoms with E-state index in [0.717, 1.165) is 27.8 Å². The number of nitrogens with zero attached hydrogens (tertiary/aromatic N) is 4. The van der Waals surface area contributed by atoms with Crippen LogP contribution in [0.3, 0.4) is 0 Å². The van der Waals surface area contributed by atoms with E-state index in [-0.39, 0.29) is 5.28 Å². The molecule has 5 heteroatoms. The Morgan fingerprint density at radius 2 is 1.10 bits per heavy atom. The molecule has 0 unspecified atom stereocenters. The highest BCUT2D eigenvalue weighted by Gasteiger charge is 2.16. The van der Waals surface area contributed by atoms with Crippen LogP contribution in [-0.4, -0.2) is 19.5 Å². The van der Waals surface area contributed by atoms with Gasteiger partial charge in [0.05, 0.1) is 11.0 Å². The van der Waals surface area contributed by atoms with Gasteiger partial charge in [-0.3, -0.25) is 0 Å². The van der Waals surface area contributed by atoms with Crippen molar-refractivity contribution < 1.29 is 0 Å². The summed E-state index contributed by atoms with van der Waals surface area (Å²) in [6.07, 6.45) is 0. The minimum atomic E-state index is 0.172. The highest BCUT2D eigenvalue weighted by Crippen LogP contribution is 2.36. The molecule has 0 atom stereocenters. The average molecular weight is 533 g/mol. The highest BCUT2D eigenvalue weighted by molar-refractivity contribution is 6.28. The second kappa shape index (κ2) is 9.01. The molecular weight excluding hydrogens is 512 g/mol. The third-order valence-electron chi connectivity index (χ3n) is 7.56. The van der Waals surface area contributed by atoms with Crippen molar-refractivity contribution in [2.45, 2.75) is 0 Å². The van der Waals surface area contributed by atoms with E-state index >= 15 is 0 Å². The molecule has 2 heterocycles. The van der Waals surface area contributed by atoms with Gasteiger partial charge in [0.2, 0.25) is 5.28 Å². The normalized spacial score (nSPS) is 11.6. The lowest BCUT2D eigenvalue weighted by Crippen LogP contribution is -1.98. The molecule has 0 fully saturated rings. The third-order valence-corrected chi connectivity index (χ3v) is 7.73. The van der Waals surface area contributed by atoms with E-state index in [1.165, 1.54) is 32.3 Å². The van der Waals surface area contributed by atoms with Crippen molar-refractivity contribution in [3.8, 4) is 28.5 Å². The van der Waals surface area contributed by atoms with Gasteiger partial charge >= 0.3 is 0 Å². The Bertz CT molecular complexity index is 2240. The summed E-state index contributed by atoms with van der Waals surface area (Å²) in [4.78, 5) is 13.7. The van der Waals surface area contributed by atoms with Crippen molar-refractivity contribution in [1.29, 1.82) is 0 Å². The zero-order valence-corrected chi connectivity index (χ0v) is 22.0. The lowest BCUT2D eigenvalue weighted by Gasteiger charge is -2.11. The van der Waals surface area contributed by atoms with Crippen molar-refractivity contribution in [3.05, 3.63) is 133 Å². The smallest absolute Gasteiger partial charge is 0.226 e. The van der Waals surface area contributed by atoms with Crippen LogP contribution in [0.2, 0.25) is 5.28 Å². The number of benzene rings is 6. The minimum Gasteiger partial charge on any atom is -0.309 e. The summed E-state index contributed by atoms with van der Waals surface area (Å²) in [7, 11) is 0.